The second-order valence-corrected chi connectivity index (χ2v) is 4.57. The van der Waals surface area contributed by atoms with E-state index in [0.717, 1.165) is 30.6 Å². The summed E-state index contributed by atoms with van der Waals surface area (Å²) in [6.45, 7) is 3.12. The van der Waals surface area contributed by atoms with Gasteiger partial charge in [-0.3, -0.25) is 9.97 Å². The predicted octanol–water partition coefficient (Wildman–Crippen LogP) is 2.34. The van der Waals surface area contributed by atoms with Gasteiger partial charge in [-0.05, 0) is 43.1 Å². The minimum absolute atomic E-state index is 0.191. The van der Waals surface area contributed by atoms with E-state index in [-0.39, 0.29) is 6.04 Å². The molecule has 2 aromatic rings. The minimum atomic E-state index is 0.191. The van der Waals surface area contributed by atoms with Crippen molar-refractivity contribution in [1.82, 2.24) is 15.3 Å². The number of rotatable bonds is 6. The van der Waals surface area contributed by atoms with Gasteiger partial charge in [-0.15, -0.1) is 0 Å². The Balaban J connectivity index is 2.19. The fourth-order valence-corrected chi connectivity index (χ4v) is 2.07. The summed E-state index contributed by atoms with van der Waals surface area (Å²) in [6.07, 6.45) is 9.19. The van der Waals surface area contributed by atoms with Crippen molar-refractivity contribution in [3.63, 3.8) is 0 Å². The van der Waals surface area contributed by atoms with Gasteiger partial charge in [-0.25, -0.2) is 0 Å². The van der Waals surface area contributed by atoms with E-state index < -0.39 is 0 Å². The van der Waals surface area contributed by atoms with Crippen molar-refractivity contribution in [1.29, 1.82) is 0 Å². The first-order valence-corrected chi connectivity index (χ1v) is 6.63. The van der Waals surface area contributed by atoms with Crippen molar-refractivity contribution in [2.75, 3.05) is 12.3 Å². The Morgan fingerprint density at radius 1 is 1.16 bits per heavy atom. The standard InChI is InChI=1S/C15H20N4/c1-2-6-19-15(10-12-3-7-17-8-4-12)13-11-18-9-5-14(13)16/h3-5,7-9,11,15,19H,2,6,10H2,1H3,(H2,16,18). The summed E-state index contributed by atoms with van der Waals surface area (Å²) in [7, 11) is 0. The predicted molar refractivity (Wildman–Crippen MR) is 77.6 cm³/mol. The molecule has 3 N–H and O–H groups in total. The van der Waals surface area contributed by atoms with Crippen LogP contribution in [-0.4, -0.2) is 16.5 Å². The summed E-state index contributed by atoms with van der Waals surface area (Å²) in [5, 5.41) is 3.53. The molecule has 0 aliphatic rings. The van der Waals surface area contributed by atoms with E-state index >= 15 is 0 Å². The van der Waals surface area contributed by atoms with Crippen LogP contribution in [0.15, 0.2) is 43.0 Å². The molecule has 0 amide bonds. The maximum atomic E-state index is 6.05. The number of nitrogens with one attached hydrogen (secondary N) is 1. The number of hydrogen-bond acceptors (Lipinski definition) is 4. The zero-order valence-corrected chi connectivity index (χ0v) is 11.2. The van der Waals surface area contributed by atoms with E-state index in [9.17, 15) is 0 Å². The van der Waals surface area contributed by atoms with E-state index in [1.165, 1.54) is 5.56 Å². The Bertz CT molecular complexity index is 499. The average Bonchev–Trinajstić information content (AvgIpc) is 2.45. The minimum Gasteiger partial charge on any atom is -0.398 e. The van der Waals surface area contributed by atoms with Crippen LogP contribution < -0.4 is 11.1 Å². The van der Waals surface area contributed by atoms with Gasteiger partial charge in [0.05, 0.1) is 0 Å². The first-order valence-electron chi connectivity index (χ1n) is 6.63. The second-order valence-electron chi connectivity index (χ2n) is 4.57. The SMILES string of the molecule is CCCNC(Cc1ccncc1)c1cnccc1N. The van der Waals surface area contributed by atoms with Gasteiger partial charge in [0.25, 0.3) is 0 Å². The molecule has 0 aromatic carbocycles. The number of nitrogen functional groups attached to an aromatic ring is 1. The van der Waals surface area contributed by atoms with Crippen LogP contribution in [0.3, 0.4) is 0 Å². The molecule has 2 heterocycles. The molecule has 0 radical (unpaired) electrons. The van der Waals surface area contributed by atoms with Crippen LogP contribution in [0.5, 0.6) is 0 Å². The zero-order valence-electron chi connectivity index (χ0n) is 11.2. The van der Waals surface area contributed by atoms with Gasteiger partial charge in [-0.2, -0.15) is 0 Å². The third kappa shape index (κ3) is 3.76. The smallest absolute Gasteiger partial charge is 0.0396 e. The first kappa shape index (κ1) is 13.5. The number of nitrogens with zero attached hydrogens (tertiary/aromatic N) is 2. The lowest BCUT2D eigenvalue weighted by Gasteiger charge is -2.20. The average molecular weight is 256 g/mol. The van der Waals surface area contributed by atoms with Crippen LogP contribution in [0, 0.1) is 0 Å². The topological polar surface area (TPSA) is 63.8 Å². The van der Waals surface area contributed by atoms with Gasteiger partial charge in [0.2, 0.25) is 0 Å². The molecule has 1 atom stereocenters. The Morgan fingerprint density at radius 3 is 2.58 bits per heavy atom. The van der Waals surface area contributed by atoms with E-state index in [1.807, 2.05) is 36.8 Å². The molecule has 19 heavy (non-hydrogen) atoms. The van der Waals surface area contributed by atoms with Crippen LogP contribution >= 0.6 is 0 Å². The molecule has 0 saturated heterocycles. The molecule has 0 aliphatic heterocycles. The van der Waals surface area contributed by atoms with Crippen molar-refractivity contribution >= 4 is 5.69 Å². The van der Waals surface area contributed by atoms with Crippen LogP contribution in [0.25, 0.3) is 0 Å². The third-order valence-corrected chi connectivity index (χ3v) is 3.09. The highest BCUT2D eigenvalue weighted by Crippen LogP contribution is 2.22. The molecule has 0 fully saturated rings. The lowest BCUT2D eigenvalue weighted by molar-refractivity contribution is 0.529. The van der Waals surface area contributed by atoms with Gasteiger partial charge >= 0.3 is 0 Å². The number of pyridine rings is 2. The van der Waals surface area contributed by atoms with E-state index in [0.29, 0.717) is 0 Å². The highest BCUT2D eigenvalue weighted by Gasteiger charge is 2.14. The Kier molecular flexibility index (Phi) is 4.86. The first-order chi connectivity index (χ1) is 9.31. The summed E-state index contributed by atoms with van der Waals surface area (Å²) in [6, 6.07) is 6.11. The largest absolute Gasteiger partial charge is 0.398 e. The molecule has 2 rings (SSSR count). The Hall–Kier alpha value is -1.94. The molecule has 4 nitrogen and oxygen atoms in total. The second kappa shape index (κ2) is 6.85. The van der Waals surface area contributed by atoms with Gasteiger partial charge in [0.15, 0.2) is 0 Å². The maximum absolute atomic E-state index is 6.05. The molecule has 4 heteroatoms. The fourth-order valence-electron chi connectivity index (χ4n) is 2.07. The van der Waals surface area contributed by atoms with E-state index in [4.69, 9.17) is 5.73 Å². The molecule has 0 spiro atoms. The van der Waals surface area contributed by atoms with Crippen LogP contribution in [0.2, 0.25) is 0 Å². The number of hydrogen-bond donors (Lipinski definition) is 2. The summed E-state index contributed by atoms with van der Waals surface area (Å²) in [4.78, 5) is 8.23. The third-order valence-electron chi connectivity index (χ3n) is 3.09. The molecule has 2 aromatic heterocycles. The van der Waals surface area contributed by atoms with E-state index in [1.54, 1.807) is 6.20 Å². The monoisotopic (exact) mass is 256 g/mol. The van der Waals surface area contributed by atoms with Crippen molar-refractivity contribution in [2.45, 2.75) is 25.8 Å². The number of anilines is 1. The highest BCUT2D eigenvalue weighted by molar-refractivity contribution is 5.46. The summed E-state index contributed by atoms with van der Waals surface area (Å²) in [5.74, 6) is 0. The zero-order chi connectivity index (χ0) is 13.5. The van der Waals surface area contributed by atoms with Crippen molar-refractivity contribution in [2.24, 2.45) is 0 Å². The summed E-state index contributed by atoms with van der Waals surface area (Å²) < 4.78 is 0. The van der Waals surface area contributed by atoms with Crippen molar-refractivity contribution in [3.8, 4) is 0 Å². The van der Waals surface area contributed by atoms with Crippen LogP contribution in [-0.2, 0) is 6.42 Å². The molecular weight excluding hydrogens is 236 g/mol. The van der Waals surface area contributed by atoms with Gasteiger partial charge < -0.3 is 11.1 Å². The molecular formula is C15H20N4. The summed E-state index contributed by atoms with van der Waals surface area (Å²) >= 11 is 0. The Labute approximate surface area is 114 Å². The number of nitrogens with two attached hydrogens (primary N) is 1. The maximum Gasteiger partial charge on any atom is 0.0396 e. The van der Waals surface area contributed by atoms with Crippen LogP contribution in [0.4, 0.5) is 5.69 Å². The number of aromatic nitrogens is 2. The highest BCUT2D eigenvalue weighted by atomic mass is 14.9. The lowest BCUT2D eigenvalue weighted by atomic mass is 9.99. The molecule has 0 aliphatic carbocycles. The molecule has 0 saturated carbocycles. The van der Waals surface area contributed by atoms with Crippen LogP contribution in [0.1, 0.15) is 30.5 Å². The quantitative estimate of drug-likeness (QED) is 0.832. The fraction of sp³-hybridized carbons (Fsp3) is 0.333. The van der Waals surface area contributed by atoms with Crippen molar-refractivity contribution in [3.05, 3.63) is 54.1 Å². The normalized spacial score (nSPS) is 12.3. The molecule has 0 bridgehead atoms. The molecule has 1 unspecified atom stereocenters. The lowest BCUT2D eigenvalue weighted by Crippen LogP contribution is -2.25. The summed E-state index contributed by atoms with van der Waals surface area (Å²) in [5.41, 5.74) is 9.15. The van der Waals surface area contributed by atoms with Gasteiger partial charge in [0, 0.05) is 42.1 Å². The Morgan fingerprint density at radius 2 is 1.89 bits per heavy atom. The van der Waals surface area contributed by atoms with Crippen molar-refractivity contribution < 1.29 is 0 Å². The van der Waals surface area contributed by atoms with Gasteiger partial charge in [0.1, 0.15) is 0 Å². The van der Waals surface area contributed by atoms with Gasteiger partial charge in [-0.1, -0.05) is 6.92 Å². The van der Waals surface area contributed by atoms with E-state index in [2.05, 4.69) is 22.2 Å². The molecule has 100 valence electrons.